The zero-order valence-corrected chi connectivity index (χ0v) is 21.3. The third-order valence-corrected chi connectivity index (χ3v) is 9.35. The van der Waals surface area contributed by atoms with Gasteiger partial charge in [0.15, 0.2) is 0 Å². The highest BCUT2D eigenvalue weighted by atomic mass is 32.2. The molecule has 1 aliphatic rings. The SMILES string of the molecule is COc1cc(C)c(S(=O)(=O)Nc2ccc3c(c2)CCCN3S(=O)(=O)c2ccc(C)cc2)cc1C. The maximum Gasteiger partial charge on any atom is 0.264 e. The predicted molar refractivity (Wildman–Crippen MR) is 134 cm³/mol. The number of anilines is 2. The molecule has 0 saturated heterocycles. The highest BCUT2D eigenvalue weighted by molar-refractivity contribution is 7.93. The van der Waals surface area contributed by atoms with Gasteiger partial charge >= 0.3 is 0 Å². The van der Waals surface area contributed by atoms with Crippen molar-refractivity contribution in [3.8, 4) is 5.75 Å². The van der Waals surface area contributed by atoms with Gasteiger partial charge in [0.2, 0.25) is 0 Å². The largest absolute Gasteiger partial charge is 0.496 e. The van der Waals surface area contributed by atoms with E-state index >= 15 is 0 Å². The molecule has 0 fully saturated rings. The Hall–Kier alpha value is -3.04. The number of aryl methyl sites for hydroxylation is 4. The summed E-state index contributed by atoms with van der Waals surface area (Å²) in [4.78, 5) is 0.410. The van der Waals surface area contributed by atoms with Crippen molar-refractivity contribution >= 4 is 31.4 Å². The van der Waals surface area contributed by atoms with Crippen LogP contribution in [-0.4, -0.2) is 30.5 Å². The van der Waals surface area contributed by atoms with E-state index in [1.54, 1.807) is 75.6 Å². The van der Waals surface area contributed by atoms with Crippen LogP contribution in [0.4, 0.5) is 11.4 Å². The van der Waals surface area contributed by atoms with Gasteiger partial charge < -0.3 is 4.74 Å². The fourth-order valence-corrected chi connectivity index (χ4v) is 7.10. The van der Waals surface area contributed by atoms with E-state index in [2.05, 4.69) is 4.72 Å². The van der Waals surface area contributed by atoms with Crippen molar-refractivity contribution in [3.63, 3.8) is 0 Å². The molecule has 0 bridgehead atoms. The summed E-state index contributed by atoms with van der Waals surface area (Å²) in [6, 6.07) is 15.1. The van der Waals surface area contributed by atoms with Crippen LogP contribution in [0.15, 0.2) is 64.4 Å². The summed E-state index contributed by atoms with van der Waals surface area (Å²) in [6.07, 6.45) is 1.30. The molecule has 3 aromatic carbocycles. The Bertz CT molecular complexity index is 1450. The second kappa shape index (κ2) is 8.96. The fraction of sp³-hybridized carbons (Fsp3) is 0.280. The molecule has 0 unspecified atom stereocenters. The minimum Gasteiger partial charge on any atom is -0.496 e. The predicted octanol–water partition coefficient (Wildman–Crippen LogP) is 4.56. The van der Waals surface area contributed by atoms with E-state index in [0.29, 0.717) is 42.1 Å². The van der Waals surface area contributed by atoms with Crippen LogP contribution >= 0.6 is 0 Å². The fourth-order valence-electron chi connectivity index (χ4n) is 4.20. The molecule has 0 spiro atoms. The Balaban J connectivity index is 1.66. The molecular formula is C25H28N2O5S2. The lowest BCUT2D eigenvalue weighted by molar-refractivity contribution is 0.411. The van der Waals surface area contributed by atoms with Crippen LogP contribution in [0.5, 0.6) is 5.75 Å². The summed E-state index contributed by atoms with van der Waals surface area (Å²) >= 11 is 0. The zero-order chi connectivity index (χ0) is 24.7. The quantitative estimate of drug-likeness (QED) is 0.536. The smallest absolute Gasteiger partial charge is 0.264 e. The van der Waals surface area contributed by atoms with Crippen LogP contribution in [-0.2, 0) is 26.5 Å². The van der Waals surface area contributed by atoms with Gasteiger partial charge in [0, 0.05) is 12.2 Å². The van der Waals surface area contributed by atoms with E-state index in [4.69, 9.17) is 4.74 Å². The van der Waals surface area contributed by atoms with Crippen LogP contribution in [0.3, 0.4) is 0 Å². The van der Waals surface area contributed by atoms with Crippen LogP contribution in [0, 0.1) is 20.8 Å². The summed E-state index contributed by atoms with van der Waals surface area (Å²) in [5, 5.41) is 0. The van der Waals surface area contributed by atoms with Crippen molar-refractivity contribution in [3.05, 3.63) is 76.9 Å². The van der Waals surface area contributed by atoms with Gasteiger partial charge in [-0.15, -0.1) is 0 Å². The maximum absolute atomic E-state index is 13.3. The number of rotatable bonds is 6. The summed E-state index contributed by atoms with van der Waals surface area (Å²) in [5.74, 6) is 0.625. The summed E-state index contributed by atoms with van der Waals surface area (Å²) in [5.41, 5.74) is 4.02. The maximum atomic E-state index is 13.3. The Morgan fingerprint density at radius 2 is 1.59 bits per heavy atom. The first-order valence-corrected chi connectivity index (χ1v) is 13.9. The summed E-state index contributed by atoms with van der Waals surface area (Å²) in [6.45, 7) is 5.79. The number of methoxy groups -OCH3 is 1. The minimum absolute atomic E-state index is 0.173. The van der Waals surface area contributed by atoms with Crippen molar-refractivity contribution in [2.24, 2.45) is 0 Å². The van der Waals surface area contributed by atoms with E-state index in [-0.39, 0.29) is 9.79 Å². The molecule has 0 radical (unpaired) electrons. The molecule has 34 heavy (non-hydrogen) atoms. The lowest BCUT2D eigenvalue weighted by Crippen LogP contribution is -2.35. The Morgan fingerprint density at radius 1 is 0.882 bits per heavy atom. The van der Waals surface area contributed by atoms with Crippen molar-refractivity contribution in [1.29, 1.82) is 0 Å². The molecule has 0 aromatic heterocycles. The number of nitrogens with one attached hydrogen (secondary N) is 1. The number of hydrogen-bond donors (Lipinski definition) is 1. The molecule has 0 aliphatic carbocycles. The average Bonchev–Trinajstić information content (AvgIpc) is 2.79. The van der Waals surface area contributed by atoms with Gasteiger partial charge in [0.1, 0.15) is 5.75 Å². The van der Waals surface area contributed by atoms with Crippen LogP contribution < -0.4 is 13.8 Å². The molecule has 0 amide bonds. The number of ether oxygens (including phenoxy) is 1. The molecule has 1 heterocycles. The standard InChI is InChI=1S/C25H28N2O5S2/c1-17-7-10-22(11-8-17)34(30,31)27-13-5-6-20-16-21(9-12-23(20)27)26-33(28,29)25-15-18(2)24(32-4)14-19(25)3/h7-12,14-16,26H,5-6,13H2,1-4H3. The van der Waals surface area contributed by atoms with Gasteiger partial charge in [-0.2, -0.15) is 0 Å². The molecule has 1 aliphatic heterocycles. The van der Waals surface area contributed by atoms with Gasteiger partial charge in [-0.05, 0) is 92.8 Å². The van der Waals surface area contributed by atoms with E-state index in [9.17, 15) is 16.8 Å². The van der Waals surface area contributed by atoms with Crippen molar-refractivity contribution in [2.45, 2.75) is 43.4 Å². The second-order valence-electron chi connectivity index (χ2n) is 8.53. The van der Waals surface area contributed by atoms with Crippen LogP contribution in [0.1, 0.15) is 28.7 Å². The normalized spacial score (nSPS) is 13.9. The highest BCUT2D eigenvalue weighted by Crippen LogP contribution is 2.35. The topological polar surface area (TPSA) is 92.8 Å². The molecular weight excluding hydrogens is 472 g/mol. The number of benzene rings is 3. The zero-order valence-electron chi connectivity index (χ0n) is 19.6. The van der Waals surface area contributed by atoms with Crippen LogP contribution in [0.2, 0.25) is 0 Å². The van der Waals surface area contributed by atoms with Crippen molar-refractivity contribution in [2.75, 3.05) is 22.7 Å². The monoisotopic (exact) mass is 500 g/mol. The third kappa shape index (κ3) is 4.50. The number of nitrogens with zero attached hydrogens (tertiary/aromatic N) is 1. The van der Waals surface area contributed by atoms with E-state index in [1.807, 2.05) is 6.92 Å². The number of fused-ring (bicyclic) bond motifs is 1. The van der Waals surface area contributed by atoms with E-state index in [1.165, 1.54) is 4.31 Å². The first kappa shape index (κ1) is 24.1. The van der Waals surface area contributed by atoms with Gasteiger partial charge in [0.25, 0.3) is 20.0 Å². The molecule has 3 aromatic rings. The molecule has 4 rings (SSSR count). The van der Waals surface area contributed by atoms with Gasteiger partial charge in [-0.25, -0.2) is 16.8 Å². The molecule has 0 saturated carbocycles. The highest BCUT2D eigenvalue weighted by Gasteiger charge is 2.29. The molecule has 7 nitrogen and oxygen atoms in total. The minimum atomic E-state index is -3.84. The summed E-state index contributed by atoms with van der Waals surface area (Å²) in [7, 11) is -6.02. The van der Waals surface area contributed by atoms with E-state index in [0.717, 1.165) is 16.7 Å². The molecule has 0 atom stereocenters. The second-order valence-corrected chi connectivity index (χ2v) is 12.0. The van der Waals surface area contributed by atoms with Crippen molar-refractivity contribution in [1.82, 2.24) is 0 Å². The average molecular weight is 501 g/mol. The third-order valence-electron chi connectivity index (χ3n) is 6.00. The first-order chi connectivity index (χ1) is 16.0. The lowest BCUT2D eigenvalue weighted by atomic mass is 10.0. The summed E-state index contributed by atoms with van der Waals surface area (Å²) < 4.78 is 62.1. The Morgan fingerprint density at radius 3 is 2.26 bits per heavy atom. The van der Waals surface area contributed by atoms with Gasteiger partial charge in [-0.1, -0.05) is 17.7 Å². The molecule has 180 valence electrons. The lowest BCUT2D eigenvalue weighted by Gasteiger charge is -2.31. The van der Waals surface area contributed by atoms with Gasteiger partial charge in [-0.3, -0.25) is 9.03 Å². The van der Waals surface area contributed by atoms with Crippen molar-refractivity contribution < 1.29 is 21.6 Å². The molecule has 1 N–H and O–H groups in total. The van der Waals surface area contributed by atoms with E-state index < -0.39 is 20.0 Å². The number of hydrogen-bond acceptors (Lipinski definition) is 5. The Labute approximate surface area is 201 Å². The Kier molecular flexibility index (Phi) is 6.35. The van der Waals surface area contributed by atoms with Gasteiger partial charge in [0.05, 0.1) is 22.6 Å². The molecule has 9 heteroatoms. The van der Waals surface area contributed by atoms with Crippen LogP contribution in [0.25, 0.3) is 0 Å². The first-order valence-electron chi connectivity index (χ1n) is 10.9. The number of sulfonamides is 2.